The van der Waals surface area contributed by atoms with Crippen LogP contribution in [0.5, 0.6) is 0 Å². The van der Waals surface area contributed by atoms with Crippen molar-refractivity contribution in [1.82, 2.24) is 0 Å². The fourth-order valence-electron chi connectivity index (χ4n) is 2.82. The van der Waals surface area contributed by atoms with Crippen LogP contribution in [0.2, 0.25) is 0 Å². The minimum Gasteiger partial charge on any atom is -0.0836 e. The lowest BCUT2D eigenvalue weighted by molar-refractivity contribution is 0.755. The van der Waals surface area contributed by atoms with Crippen molar-refractivity contribution in [3.05, 3.63) is 95.6 Å². The molecule has 0 aromatic heterocycles. The van der Waals surface area contributed by atoms with E-state index in [4.69, 9.17) is 0 Å². The first-order valence-corrected chi connectivity index (χ1v) is 7.29. The van der Waals surface area contributed by atoms with Crippen LogP contribution < -0.4 is 0 Å². The van der Waals surface area contributed by atoms with Crippen molar-refractivity contribution in [3.8, 4) is 0 Å². The largest absolute Gasteiger partial charge is 0.0836 e. The molecule has 0 saturated carbocycles. The van der Waals surface area contributed by atoms with E-state index in [0.717, 1.165) is 12.8 Å². The zero-order valence-electron chi connectivity index (χ0n) is 11.9. The van der Waals surface area contributed by atoms with E-state index in [1.54, 1.807) is 0 Å². The molecule has 2 aliphatic carbocycles. The van der Waals surface area contributed by atoms with Gasteiger partial charge in [-0.2, -0.15) is 0 Å². The summed E-state index contributed by atoms with van der Waals surface area (Å²) in [5.41, 5.74) is 3.94. The molecule has 0 spiro atoms. The Balaban J connectivity index is 2.03. The Morgan fingerprint density at radius 2 is 1.75 bits per heavy atom. The minimum absolute atomic E-state index is 0.0494. The first kappa shape index (κ1) is 12.9. The Bertz CT molecular complexity index is 623. The number of allylic oxidation sites excluding steroid dienone is 10. The standard InChI is InChI=1S/C20H20/c1-20(19-13-6-3-7-14-19)15-9-8-12-18(16-20)17-10-4-2-5-11-17/h3-4,6-16H,2,5H2,1H3. The normalized spacial score (nSPS) is 25.1. The van der Waals surface area contributed by atoms with Crippen LogP contribution in [0.1, 0.15) is 25.3 Å². The first-order chi connectivity index (χ1) is 9.78. The SMILES string of the molecule is CC1(c2ccccc2)C=CC=CC(C2=CCCC=C2)=C1. The van der Waals surface area contributed by atoms with Crippen LogP contribution in [0.4, 0.5) is 0 Å². The van der Waals surface area contributed by atoms with E-state index in [1.165, 1.54) is 16.7 Å². The van der Waals surface area contributed by atoms with Gasteiger partial charge >= 0.3 is 0 Å². The third-order valence-electron chi connectivity index (χ3n) is 4.01. The Labute approximate surface area is 121 Å². The topological polar surface area (TPSA) is 0 Å². The van der Waals surface area contributed by atoms with Crippen LogP contribution in [-0.2, 0) is 5.41 Å². The second-order valence-electron chi connectivity index (χ2n) is 5.61. The molecule has 0 N–H and O–H groups in total. The Hall–Kier alpha value is -2.08. The molecule has 1 atom stereocenters. The highest BCUT2D eigenvalue weighted by Gasteiger charge is 2.22. The molecule has 0 radical (unpaired) electrons. The van der Waals surface area contributed by atoms with E-state index < -0.39 is 0 Å². The highest BCUT2D eigenvalue weighted by molar-refractivity contribution is 5.53. The van der Waals surface area contributed by atoms with Crippen molar-refractivity contribution in [2.75, 3.05) is 0 Å². The van der Waals surface area contributed by atoms with Crippen molar-refractivity contribution in [2.45, 2.75) is 25.2 Å². The monoisotopic (exact) mass is 260 g/mol. The van der Waals surface area contributed by atoms with Crippen molar-refractivity contribution < 1.29 is 0 Å². The van der Waals surface area contributed by atoms with Crippen molar-refractivity contribution in [2.24, 2.45) is 0 Å². The molecular formula is C20H20. The van der Waals surface area contributed by atoms with Gasteiger partial charge in [-0.25, -0.2) is 0 Å². The molecule has 0 aliphatic heterocycles. The van der Waals surface area contributed by atoms with E-state index in [1.807, 2.05) is 0 Å². The molecule has 1 aromatic carbocycles. The van der Waals surface area contributed by atoms with Gasteiger partial charge in [-0.1, -0.05) is 78.9 Å². The summed E-state index contributed by atoms with van der Waals surface area (Å²) in [4.78, 5) is 0. The molecule has 100 valence electrons. The molecule has 0 fully saturated rings. The Morgan fingerprint density at radius 1 is 0.900 bits per heavy atom. The van der Waals surface area contributed by atoms with Crippen LogP contribution in [0.25, 0.3) is 0 Å². The third kappa shape index (κ3) is 2.60. The van der Waals surface area contributed by atoms with Crippen molar-refractivity contribution in [1.29, 1.82) is 0 Å². The van der Waals surface area contributed by atoms with Crippen molar-refractivity contribution >= 4 is 0 Å². The average Bonchev–Trinajstić information content (AvgIpc) is 2.72. The lowest BCUT2D eigenvalue weighted by atomic mass is 9.80. The van der Waals surface area contributed by atoms with Crippen LogP contribution in [0.3, 0.4) is 0 Å². The summed E-state index contributed by atoms with van der Waals surface area (Å²) in [6.07, 6.45) is 20.3. The zero-order valence-corrected chi connectivity index (χ0v) is 11.9. The minimum atomic E-state index is -0.0494. The van der Waals surface area contributed by atoms with E-state index in [-0.39, 0.29) is 5.41 Å². The predicted octanol–water partition coefficient (Wildman–Crippen LogP) is 5.27. The molecule has 0 bridgehead atoms. The van der Waals surface area contributed by atoms with Gasteiger partial charge in [0.05, 0.1) is 0 Å². The number of benzene rings is 1. The molecular weight excluding hydrogens is 240 g/mol. The second kappa shape index (κ2) is 5.50. The summed E-state index contributed by atoms with van der Waals surface area (Å²) in [5.74, 6) is 0. The first-order valence-electron chi connectivity index (χ1n) is 7.29. The molecule has 0 amide bonds. The summed E-state index contributed by atoms with van der Waals surface area (Å²) in [6, 6.07) is 10.7. The lowest BCUT2D eigenvalue weighted by Gasteiger charge is -2.24. The van der Waals surface area contributed by atoms with Crippen LogP contribution in [0.15, 0.2) is 90.1 Å². The van der Waals surface area contributed by atoms with Crippen molar-refractivity contribution in [3.63, 3.8) is 0 Å². The van der Waals surface area contributed by atoms with Gasteiger partial charge in [-0.05, 0) is 36.5 Å². The maximum atomic E-state index is 2.38. The highest BCUT2D eigenvalue weighted by Crippen LogP contribution is 2.33. The predicted molar refractivity (Wildman–Crippen MR) is 86.6 cm³/mol. The average molecular weight is 260 g/mol. The molecule has 0 heterocycles. The van der Waals surface area contributed by atoms with Gasteiger partial charge in [0.15, 0.2) is 0 Å². The molecule has 0 saturated heterocycles. The maximum Gasteiger partial charge on any atom is 0.0295 e. The quantitative estimate of drug-likeness (QED) is 0.679. The number of hydrogen-bond acceptors (Lipinski definition) is 0. The maximum absolute atomic E-state index is 2.38. The second-order valence-corrected chi connectivity index (χ2v) is 5.61. The summed E-state index contributed by atoms with van der Waals surface area (Å²) in [5, 5.41) is 0. The molecule has 20 heavy (non-hydrogen) atoms. The van der Waals surface area contributed by atoms with Gasteiger partial charge in [0.2, 0.25) is 0 Å². The molecule has 0 heteroatoms. The van der Waals surface area contributed by atoms with Crippen LogP contribution >= 0.6 is 0 Å². The van der Waals surface area contributed by atoms with Crippen LogP contribution in [0, 0.1) is 0 Å². The van der Waals surface area contributed by atoms with E-state index in [9.17, 15) is 0 Å². The summed E-state index contributed by atoms with van der Waals surface area (Å²) >= 11 is 0. The summed E-state index contributed by atoms with van der Waals surface area (Å²) in [6.45, 7) is 2.28. The fraction of sp³-hybridized carbons (Fsp3) is 0.200. The fourth-order valence-corrected chi connectivity index (χ4v) is 2.82. The highest BCUT2D eigenvalue weighted by atomic mass is 14.3. The number of hydrogen-bond donors (Lipinski definition) is 0. The molecule has 0 nitrogen and oxygen atoms in total. The van der Waals surface area contributed by atoms with E-state index >= 15 is 0 Å². The summed E-state index contributed by atoms with van der Waals surface area (Å²) < 4.78 is 0. The van der Waals surface area contributed by atoms with E-state index in [0.29, 0.717) is 0 Å². The van der Waals surface area contributed by atoms with Gasteiger partial charge < -0.3 is 0 Å². The van der Waals surface area contributed by atoms with Gasteiger partial charge in [-0.15, -0.1) is 0 Å². The smallest absolute Gasteiger partial charge is 0.0295 e. The van der Waals surface area contributed by atoms with Gasteiger partial charge in [0.1, 0.15) is 0 Å². The number of rotatable bonds is 2. The Morgan fingerprint density at radius 3 is 2.50 bits per heavy atom. The zero-order chi connectivity index (χ0) is 13.8. The van der Waals surface area contributed by atoms with Gasteiger partial charge in [-0.3, -0.25) is 0 Å². The molecule has 1 unspecified atom stereocenters. The molecule has 1 aromatic rings. The summed E-state index contributed by atoms with van der Waals surface area (Å²) in [7, 11) is 0. The van der Waals surface area contributed by atoms with E-state index in [2.05, 4.69) is 85.9 Å². The van der Waals surface area contributed by atoms with Crippen LogP contribution in [-0.4, -0.2) is 0 Å². The lowest BCUT2D eigenvalue weighted by Crippen LogP contribution is -2.16. The molecule has 3 rings (SSSR count). The Kier molecular flexibility index (Phi) is 3.56. The third-order valence-corrected chi connectivity index (χ3v) is 4.01. The molecule has 2 aliphatic rings. The van der Waals surface area contributed by atoms with Gasteiger partial charge in [0.25, 0.3) is 0 Å². The van der Waals surface area contributed by atoms with Gasteiger partial charge in [0, 0.05) is 5.41 Å².